The minimum atomic E-state index is -3.47. The molecule has 5 rings (SSSR count). The van der Waals surface area contributed by atoms with Crippen molar-refractivity contribution in [1.82, 2.24) is 14.9 Å². The molecule has 0 saturated carbocycles. The lowest BCUT2D eigenvalue weighted by Gasteiger charge is -2.21. The Labute approximate surface area is 198 Å². The average Bonchev–Trinajstić information content (AvgIpc) is 3.36. The molecule has 4 heterocycles. The van der Waals surface area contributed by atoms with E-state index in [9.17, 15) is 13.2 Å². The highest BCUT2D eigenvalue weighted by Gasteiger charge is 2.30. The van der Waals surface area contributed by atoms with Crippen LogP contribution < -0.4 is 14.4 Å². The maximum atomic E-state index is 12.9. The van der Waals surface area contributed by atoms with Crippen LogP contribution in [-0.4, -0.2) is 56.2 Å². The third kappa shape index (κ3) is 4.05. The molecular formula is C24H25N5O4S. The van der Waals surface area contributed by atoms with Gasteiger partial charge in [0.05, 0.1) is 53.9 Å². The summed E-state index contributed by atoms with van der Waals surface area (Å²) < 4.78 is 31.1. The van der Waals surface area contributed by atoms with Gasteiger partial charge in [-0.1, -0.05) is 12.1 Å². The minimum Gasteiger partial charge on any atom is -0.491 e. The Bertz CT molecular complexity index is 1410. The number of nitrogens with zero attached hydrogens (tertiary/aromatic N) is 4. The van der Waals surface area contributed by atoms with E-state index >= 15 is 0 Å². The van der Waals surface area contributed by atoms with Crippen molar-refractivity contribution in [1.29, 1.82) is 0 Å². The summed E-state index contributed by atoms with van der Waals surface area (Å²) in [5, 5.41) is 3.31. The number of para-hydroxylation sites is 2. The second-order valence-electron chi connectivity index (χ2n) is 8.58. The van der Waals surface area contributed by atoms with Gasteiger partial charge in [0.15, 0.2) is 0 Å². The zero-order chi connectivity index (χ0) is 24.0. The van der Waals surface area contributed by atoms with E-state index in [2.05, 4.69) is 10.3 Å². The first-order valence-electron chi connectivity index (χ1n) is 10.9. The molecule has 176 valence electrons. The number of fused-ring (bicyclic) bond motifs is 2. The zero-order valence-corrected chi connectivity index (χ0v) is 20.0. The van der Waals surface area contributed by atoms with E-state index in [1.165, 1.54) is 11.4 Å². The van der Waals surface area contributed by atoms with E-state index < -0.39 is 10.0 Å². The van der Waals surface area contributed by atoms with Gasteiger partial charge < -0.3 is 15.0 Å². The third-order valence-electron chi connectivity index (χ3n) is 6.10. The second kappa shape index (κ2) is 8.28. The van der Waals surface area contributed by atoms with Gasteiger partial charge >= 0.3 is 0 Å². The third-order valence-corrected chi connectivity index (χ3v) is 7.29. The fraction of sp³-hybridized carbons (Fsp3) is 0.292. The highest BCUT2D eigenvalue weighted by molar-refractivity contribution is 7.92. The molecule has 2 aliphatic rings. The summed E-state index contributed by atoms with van der Waals surface area (Å²) in [6.07, 6.45) is 4.26. The van der Waals surface area contributed by atoms with Crippen molar-refractivity contribution in [2.75, 3.05) is 36.6 Å². The summed E-state index contributed by atoms with van der Waals surface area (Å²) >= 11 is 0. The van der Waals surface area contributed by atoms with Crippen molar-refractivity contribution in [2.24, 2.45) is 0 Å². The molecule has 0 spiro atoms. The number of hydrogen-bond donors (Lipinski definition) is 1. The van der Waals surface area contributed by atoms with Crippen LogP contribution in [0.2, 0.25) is 0 Å². The highest BCUT2D eigenvalue weighted by Crippen LogP contribution is 2.35. The molecule has 1 N–H and O–H groups in total. The van der Waals surface area contributed by atoms with E-state index in [-0.39, 0.29) is 5.91 Å². The largest absolute Gasteiger partial charge is 0.491 e. The maximum Gasteiger partial charge on any atom is 0.257 e. The maximum absolute atomic E-state index is 12.9. The Balaban J connectivity index is 1.54. The summed E-state index contributed by atoms with van der Waals surface area (Å²) in [5.41, 5.74) is 5.61. The first-order valence-corrected chi connectivity index (χ1v) is 12.7. The van der Waals surface area contributed by atoms with Crippen LogP contribution in [0.1, 0.15) is 33.0 Å². The second-order valence-corrected chi connectivity index (χ2v) is 10.6. The molecule has 9 nitrogen and oxygen atoms in total. The van der Waals surface area contributed by atoms with Crippen molar-refractivity contribution >= 4 is 33.0 Å². The van der Waals surface area contributed by atoms with Crippen molar-refractivity contribution in [3.8, 4) is 5.75 Å². The molecule has 1 aromatic carbocycles. The Morgan fingerprint density at radius 2 is 1.97 bits per heavy atom. The molecule has 0 radical (unpaired) electrons. The number of hydrogen-bond acceptors (Lipinski definition) is 7. The fourth-order valence-electron chi connectivity index (χ4n) is 4.28. The van der Waals surface area contributed by atoms with Crippen LogP contribution in [0, 0.1) is 0 Å². The normalized spacial score (nSPS) is 14.6. The summed E-state index contributed by atoms with van der Waals surface area (Å²) in [7, 11) is -0.231. The molecule has 3 aromatic rings. The number of pyridine rings is 2. The van der Waals surface area contributed by atoms with Crippen LogP contribution in [0.5, 0.6) is 5.75 Å². The van der Waals surface area contributed by atoms with Gasteiger partial charge in [0, 0.05) is 43.9 Å². The molecule has 0 atom stereocenters. The SMILES string of the molecule is CN1Cc2nc(Cc3cc4c(cn3)OCC4)cc(Nc3ccccc3N(C)S(C)(=O)=O)c2C1=O. The number of nitrogens with one attached hydrogen (secondary N) is 1. The predicted molar refractivity (Wildman–Crippen MR) is 129 cm³/mol. The van der Waals surface area contributed by atoms with Crippen molar-refractivity contribution in [2.45, 2.75) is 19.4 Å². The van der Waals surface area contributed by atoms with Gasteiger partial charge in [0.1, 0.15) is 5.75 Å². The van der Waals surface area contributed by atoms with Gasteiger partial charge in [0.2, 0.25) is 10.0 Å². The average molecular weight is 480 g/mol. The number of carbonyl (C=O) groups is 1. The van der Waals surface area contributed by atoms with Crippen LogP contribution in [-0.2, 0) is 29.4 Å². The molecule has 0 unspecified atom stereocenters. The molecule has 0 fully saturated rings. The van der Waals surface area contributed by atoms with E-state index in [1.807, 2.05) is 18.2 Å². The smallest absolute Gasteiger partial charge is 0.257 e. The molecule has 10 heteroatoms. The summed E-state index contributed by atoms with van der Waals surface area (Å²) in [6, 6.07) is 11.0. The summed E-state index contributed by atoms with van der Waals surface area (Å²) in [5.74, 6) is 0.699. The number of anilines is 3. The molecule has 1 amide bonds. The fourth-order valence-corrected chi connectivity index (χ4v) is 4.79. The van der Waals surface area contributed by atoms with Crippen LogP contribution in [0.3, 0.4) is 0 Å². The number of aromatic nitrogens is 2. The molecule has 0 bridgehead atoms. The van der Waals surface area contributed by atoms with Crippen LogP contribution in [0.15, 0.2) is 42.6 Å². The molecule has 2 aliphatic heterocycles. The van der Waals surface area contributed by atoms with Gasteiger partial charge in [-0.3, -0.25) is 19.1 Å². The van der Waals surface area contributed by atoms with Crippen LogP contribution >= 0.6 is 0 Å². The van der Waals surface area contributed by atoms with Gasteiger partial charge in [-0.05, 0) is 24.3 Å². The zero-order valence-electron chi connectivity index (χ0n) is 19.2. The summed E-state index contributed by atoms with van der Waals surface area (Å²) in [4.78, 5) is 23.8. The van der Waals surface area contributed by atoms with Crippen molar-refractivity contribution in [3.05, 3.63) is 70.8 Å². The first kappa shape index (κ1) is 22.1. The lowest BCUT2D eigenvalue weighted by atomic mass is 10.1. The number of amides is 1. The quantitative estimate of drug-likeness (QED) is 0.580. The summed E-state index contributed by atoms with van der Waals surface area (Å²) in [6.45, 7) is 1.08. The molecule has 2 aromatic heterocycles. The van der Waals surface area contributed by atoms with Gasteiger partial charge in [0.25, 0.3) is 5.91 Å². The number of benzene rings is 1. The number of sulfonamides is 1. The number of ether oxygens (including phenoxy) is 1. The van der Waals surface area contributed by atoms with E-state index in [1.54, 1.807) is 36.3 Å². The van der Waals surface area contributed by atoms with Gasteiger partial charge in [-0.25, -0.2) is 8.42 Å². The monoisotopic (exact) mass is 479 g/mol. The Hall–Kier alpha value is -3.66. The van der Waals surface area contributed by atoms with E-state index in [0.717, 1.165) is 35.4 Å². The Kier molecular flexibility index (Phi) is 5.40. The topological polar surface area (TPSA) is 105 Å². The van der Waals surface area contributed by atoms with E-state index in [4.69, 9.17) is 9.72 Å². The van der Waals surface area contributed by atoms with E-state index in [0.29, 0.717) is 47.9 Å². The molecule has 34 heavy (non-hydrogen) atoms. The first-order chi connectivity index (χ1) is 16.2. The molecular weight excluding hydrogens is 454 g/mol. The van der Waals surface area contributed by atoms with Gasteiger partial charge in [-0.2, -0.15) is 0 Å². The molecule has 0 saturated heterocycles. The van der Waals surface area contributed by atoms with Crippen molar-refractivity contribution in [3.63, 3.8) is 0 Å². The highest BCUT2D eigenvalue weighted by atomic mass is 32.2. The number of rotatable bonds is 6. The lowest BCUT2D eigenvalue weighted by Crippen LogP contribution is -2.25. The minimum absolute atomic E-state index is 0.127. The van der Waals surface area contributed by atoms with Crippen LogP contribution in [0.25, 0.3) is 0 Å². The lowest BCUT2D eigenvalue weighted by molar-refractivity contribution is 0.0817. The van der Waals surface area contributed by atoms with Crippen LogP contribution in [0.4, 0.5) is 17.1 Å². The Morgan fingerprint density at radius 1 is 1.18 bits per heavy atom. The van der Waals surface area contributed by atoms with Crippen molar-refractivity contribution < 1.29 is 17.9 Å². The van der Waals surface area contributed by atoms with Gasteiger partial charge in [-0.15, -0.1) is 0 Å². The Morgan fingerprint density at radius 3 is 2.76 bits per heavy atom. The predicted octanol–water partition coefficient (Wildman–Crippen LogP) is 2.73. The molecule has 0 aliphatic carbocycles. The number of carbonyl (C=O) groups excluding carboxylic acids is 1. The standard InChI is InChI=1S/C24H25N5O4S/c1-28-14-20-23(24(28)30)19(27-18-6-4-5-7-21(18)29(2)34(3,31)32)12-17(26-20)11-16-10-15-8-9-33-22(15)13-25-16/h4-7,10,12-13H,8-9,11,14H2,1-3H3,(H,26,27).